The maximum Gasteiger partial charge on any atom is 0.281 e. The molecule has 2 heterocycles. The number of rotatable bonds is 1. The van der Waals surface area contributed by atoms with Crippen molar-refractivity contribution < 1.29 is 19.8 Å². The molecule has 1 aromatic rings. The minimum atomic E-state index is -1.04. The maximum absolute atomic E-state index is 12.1. The lowest BCUT2D eigenvalue weighted by molar-refractivity contribution is -0.212. The fraction of sp³-hybridized carbons (Fsp3) is 0.400. The van der Waals surface area contributed by atoms with Crippen molar-refractivity contribution in [3.05, 3.63) is 27.5 Å². The smallest absolute Gasteiger partial charge is 0.281 e. The molecule has 0 unspecified atom stereocenters. The third-order valence-electron chi connectivity index (χ3n) is 2.49. The van der Waals surface area contributed by atoms with Crippen LogP contribution in [0.2, 0.25) is 5.02 Å². The first kappa shape index (κ1) is 13.7. The van der Waals surface area contributed by atoms with Gasteiger partial charge in [-0.25, -0.2) is 10.0 Å². The SMILES string of the molecule is O=C(c1c(Cl)ccnc1Br)N1C[C@H](O)[C@H](O)CO1. The highest BCUT2D eigenvalue weighted by Gasteiger charge is 2.32. The summed E-state index contributed by atoms with van der Waals surface area (Å²) in [6, 6.07) is 1.48. The van der Waals surface area contributed by atoms with Crippen LogP contribution in [0.5, 0.6) is 0 Å². The van der Waals surface area contributed by atoms with Gasteiger partial charge in [-0.2, -0.15) is 0 Å². The number of β-amino-alcohol motifs (C(OH)–C–C–N with tert-alkyl or cyclic N) is 1. The average Bonchev–Trinajstić information content (AvgIpc) is 2.32. The Bertz CT molecular complexity index is 453. The summed E-state index contributed by atoms with van der Waals surface area (Å²) >= 11 is 9.05. The van der Waals surface area contributed by atoms with Gasteiger partial charge in [0.2, 0.25) is 0 Å². The van der Waals surface area contributed by atoms with Crippen molar-refractivity contribution in [2.75, 3.05) is 13.2 Å². The highest BCUT2D eigenvalue weighted by Crippen LogP contribution is 2.25. The first-order valence-corrected chi connectivity index (χ1v) is 6.28. The molecule has 18 heavy (non-hydrogen) atoms. The van der Waals surface area contributed by atoms with Gasteiger partial charge in [-0.3, -0.25) is 9.63 Å². The molecule has 6 nitrogen and oxygen atoms in total. The summed E-state index contributed by atoms with van der Waals surface area (Å²) in [6.07, 6.45) is -0.586. The summed E-state index contributed by atoms with van der Waals surface area (Å²) in [5, 5.41) is 20.0. The summed E-state index contributed by atoms with van der Waals surface area (Å²) in [5.41, 5.74) is 0.155. The summed E-state index contributed by atoms with van der Waals surface area (Å²) in [5.74, 6) is -0.522. The van der Waals surface area contributed by atoms with E-state index in [1.807, 2.05) is 0 Å². The number of aliphatic hydroxyl groups is 2. The molecule has 2 atom stereocenters. The zero-order chi connectivity index (χ0) is 13.3. The Morgan fingerprint density at radius 3 is 2.89 bits per heavy atom. The van der Waals surface area contributed by atoms with Crippen LogP contribution in [-0.4, -0.2) is 51.5 Å². The lowest BCUT2D eigenvalue weighted by Crippen LogP contribution is -2.50. The minimum absolute atomic E-state index is 0.127. The second kappa shape index (κ2) is 5.50. The zero-order valence-electron chi connectivity index (χ0n) is 9.08. The van der Waals surface area contributed by atoms with E-state index in [2.05, 4.69) is 20.9 Å². The number of carbonyl (C=O) groups is 1. The molecular weight excluding hydrogens is 327 g/mol. The van der Waals surface area contributed by atoms with Crippen LogP contribution < -0.4 is 0 Å². The van der Waals surface area contributed by atoms with E-state index in [0.717, 1.165) is 5.06 Å². The largest absolute Gasteiger partial charge is 0.388 e. The highest BCUT2D eigenvalue weighted by molar-refractivity contribution is 9.10. The number of nitrogens with zero attached hydrogens (tertiary/aromatic N) is 2. The molecule has 8 heteroatoms. The standard InChI is InChI=1S/C10H10BrClN2O4/c11-9-8(5(12)1-2-13-9)10(17)14-3-6(15)7(16)4-18-14/h1-2,6-7,15-16H,3-4H2/t6-,7+/m0/s1. The molecule has 0 bridgehead atoms. The Morgan fingerprint density at radius 1 is 1.56 bits per heavy atom. The third-order valence-corrected chi connectivity index (χ3v) is 3.41. The second-order valence-electron chi connectivity index (χ2n) is 3.76. The van der Waals surface area contributed by atoms with E-state index in [0.29, 0.717) is 4.60 Å². The van der Waals surface area contributed by atoms with Crippen molar-refractivity contribution in [1.82, 2.24) is 10.0 Å². The van der Waals surface area contributed by atoms with Crippen molar-refractivity contribution in [3.8, 4) is 0 Å². The summed E-state index contributed by atoms with van der Waals surface area (Å²) in [6.45, 7) is -0.278. The Kier molecular flexibility index (Phi) is 4.18. The van der Waals surface area contributed by atoms with Gasteiger partial charge < -0.3 is 10.2 Å². The fourth-order valence-electron chi connectivity index (χ4n) is 1.49. The normalized spacial score (nSPS) is 24.1. The van der Waals surface area contributed by atoms with Crippen molar-refractivity contribution in [2.24, 2.45) is 0 Å². The molecule has 0 radical (unpaired) electrons. The van der Waals surface area contributed by atoms with Crippen LogP contribution in [-0.2, 0) is 4.84 Å². The molecular formula is C10H10BrClN2O4. The molecule has 0 aliphatic carbocycles. The van der Waals surface area contributed by atoms with Gasteiger partial charge in [-0.1, -0.05) is 11.6 Å². The lowest BCUT2D eigenvalue weighted by Gasteiger charge is -2.32. The third kappa shape index (κ3) is 2.65. The molecule has 1 amide bonds. The van der Waals surface area contributed by atoms with Gasteiger partial charge in [-0.15, -0.1) is 0 Å². The molecule has 2 N–H and O–H groups in total. The lowest BCUT2D eigenvalue weighted by atomic mass is 10.2. The second-order valence-corrected chi connectivity index (χ2v) is 4.91. The maximum atomic E-state index is 12.1. The first-order chi connectivity index (χ1) is 8.50. The predicted octanol–water partition coefficient (Wildman–Crippen LogP) is 0.607. The number of pyridine rings is 1. The van der Waals surface area contributed by atoms with Gasteiger partial charge in [0.05, 0.1) is 17.1 Å². The van der Waals surface area contributed by atoms with Crippen molar-refractivity contribution in [2.45, 2.75) is 12.2 Å². The Morgan fingerprint density at radius 2 is 2.28 bits per heavy atom. The van der Waals surface area contributed by atoms with Crippen molar-refractivity contribution in [1.29, 1.82) is 0 Å². The van der Waals surface area contributed by atoms with E-state index >= 15 is 0 Å². The zero-order valence-corrected chi connectivity index (χ0v) is 11.4. The monoisotopic (exact) mass is 336 g/mol. The molecule has 1 saturated heterocycles. The number of aromatic nitrogens is 1. The van der Waals surface area contributed by atoms with Crippen LogP contribution >= 0.6 is 27.5 Å². The molecule has 1 fully saturated rings. The highest BCUT2D eigenvalue weighted by atomic mass is 79.9. The van der Waals surface area contributed by atoms with Gasteiger partial charge in [-0.05, 0) is 22.0 Å². The van der Waals surface area contributed by atoms with Crippen molar-refractivity contribution in [3.63, 3.8) is 0 Å². The van der Waals surface area contributed by atoms with E-state index < -0.39 is 18.1 Å². The number of halogens is 2. The summed E-state index contributed by atoms with van der Waals surface area (Å²) in [4.78, 5) is 21.1. The van der Waals surface area contributed by atoms with E-state index in [9.17, 15) is 15.0 Å². The first-order valence-electron chi connectivity index (χ1n) is 5.11. The molecule has 98 valence electrons. The number of aliphatic hydroxyl groups excluding tert-OH is 2. The van der Waals surface area contributed by atoms with Gasteiger partial charge >= 0.3 is 0 Å². The summed E-state index contributed by atoms with van der Waals surface area (Å²) in [7, 11) is 0. The van der Waals surface area contributed by atoms with E-state index in [4.69, 9.17) is 16.4 Å². The topological polar surface area (TPSA) is 82.9 Å². The van der Waals surface area contributed by atoms with E-state index in [1.165, 1.54) is 12.3 Å². The number of hydrogen-bond acceptors (Lipinski definition) is 5. The summed E-state index contributed by atoms with van der Waals surface area (Å²) < 4.78 is 0.296. The van der Waals surface area contributed by atoms with Crippen LogP contribution in [0.15, 0.2) is 16.9 Å². The number of carbonyl (C=O) groups excluding carboxylic acids is 1. The Labute approximate surface area is 116 Å². The molecule has 1 aromatic heterocycles. The molecule has 0 saturated carbocycles. The average molecular weight is 338 g/mol. The fourth-order valence-corrected chi connectivity index (χ4v) is 2.34. The van der Waals surface area contributed by atoms with Gasteiger partial charge in [0.1, 0.15) is 23.4 Å². The molecule has 0 spiro atoms. The number of hydroxylamine groups is 2. The van der Waals surface area contributed by atoms with E-state index in [1.54, 1.807) is 0 Å². The minimum Gasteiger partial charge on any atom is -0.388 e. The van der Waals surface area contributed by atoms with Crippen LogP contribution in [0.4, 0.5) is 0 Å². The van der Waals surface area contributed by atoms with Gasteiger partial charge in [0, 0.05) is 6.20 Å². The van der Waals surface area contributed by atoms with Gasteiger partial charge in [0.25, 0.3) is 5.91 Å². The van der Waals surface area contributed by atoms with E-state index in [-0.39, 0.29) is 23.7 Å². The predicted molar refractivity (Wildman–Crippen MR) is 65.9 cm³/mol. The Balaban J connectivity index is 2.22. The molecule has 1 aliphatic rings. The Hall–Kier alpha value is -0.730. The van der Waals surface area contributed by atoms with Crippen LogP contribution in [0, 0.1) is 0 Å². The van der Waals surface area contributed by atoms with Crippen LogP contribution in [0.1, 0.15) is 10.4 Å². The molecule has 1 aliphatic heterocycles. The molecule has 2 rings (SSSR count). The number of amides is 1. The van der Waals surface area contributed by atoms with Crippen LogP contribution in [0.25, 0.3) is 0 Å². The van der Waals surface area contributed by atoms with Gasteiger partial charge in [0.15, 0.2) is 0 Å². The quantitative estimate of drug-likeness (QED) is 0.734. The van der Waals surface area contributed by atoms with Crippen molar-refractivity contribution >= 4 is 33.4 Å². The molecule has 0 aromatic carbocycles. The van der Waals surface area contributed by atoms with Crippen LogP contribution in [0.3, 0.4) is 0 Å². The number of hydrogen-bond donors (Lipinski definition) is 2.